The molecule has 38 heavy (non-hydrogen) atoms. The van der Waals surface area contributed by atoms with Crippen molar-refractivity contribution < 1.29 is 0 Å². The third-order valence-corrected chi connectivity index (χ3v) is 7.37. The van der Waals surface area contributed by atoms with Crippen molar-refractivity contribution in [2.24, 2.45) is 4.99 Å². The summed E-state index contributed by atoms with van der Waals surface area (Å²) in [4.78, 5) is 11.1. The summed E-state index contributed by atoms with van der Waals surface area (Å²) < 4.78 is 0. The standard InChI is InChI=1S/C35H25N3/c1-2-7-25(8-3-1)28-15-18-33-32-12-4-9-27(30-11-6-20-37-24-30)21-34(32)38(35(33)22-28)31-16-13-26(14-17-31)29-10-5-19-36-23-29/h1-3,6-9,11,13-24,32H,5,10H2. The highest BCUT2D eigenvalue weighted by Crippen LogP contribution is 2.50. The molecule has 2 aliphatic heterocycles. The number of hydrogen-bond donors (Lipinski definition) is 0. The number of fused-ring (bicyclic) bond motifs is 3. The first-order chi connectivity index (χ1) is 18.8. The van der Waals surface area contributed by atoms with Gasteiger partial charge in [-0.05, 0) is 82.7 Å². The molecule has 0 fully saturated rings. The monoisotopic (exact) mass is 487 g/mol. The van der Waals surface area contributed by atoms with Crippen LogP contribution in [0.1, 0.15) is 35.4 Å². The first kappa shape index (κ1) is 22.3. The lowest BCUT2D eigenvalue weighted by Crippen LogP contribution is -2.13. The van der Waals surface area contributed by atoms with Gasteiger partial charge in [0.2, 0.25) is 0 Å². The minimum atomic E-state index is -0.00434. The number of aromatic nitrogens is 1. The molecule has 0 saturated heterocycles. The fraction of sp³-hybridized carbons (Fsp3) is 0.0857. The Labute approximate surface area is 223 Å². The minimum Gasteiger partial charge on any atom is -0.312 e. The lowest BCUT2D eigenvalue weighted by atomic mass is 9.96. The Balaban J connectivity index is 1.37. The second-order valence-electron chi connectivity index (χ2n) is 9.68. The topological polar surface area (TPSA) is 28.5 Å². The summed E-state index contributed by atoms with van der Waals surface area (Å²) in [5, 5.41) is 0. The van der Waals surface area contributed by atoms with Crippen LogP contribution in [0.4, 0.5) is 11.4 Å². The van der Waals surface area contributed by atoms with Crippen LogP contribution in [-0.4, -0.2) is 11.2 Å². The molecule has 7 rings (SSSR count). The first-order valence-corrected chi connectivity index (χ1v) is 13.0. The fourth-order valence-electron chi connectivity index (χ4n) is 5.46. The van der Waals surface area contributed by atoms with E-state index >= 15 is 0 Å². The van der Waals surface area contributed by atoms with Gasteiger partial charge in [-0.3, -0.25) is 9.98 Å². The van der Waals surface area contributed by atoms with E-state index in [1.165, 1.54) is 39.2 Å². The van der Waals surface area contributed by atoms with Gasteiger partial charge in [0.15, 0.2) is 0 Å². The molecule has 3 nitrogen and oxygen atoms in total. The Hall–Kier alpha value is -4.94. The van der Waals surface area contributed by atoms with Crippen LogP contribution in [0.2, 0.25) is 0 Å². The smallest absolute Gasteiger partial charge is 0.0881 e. The van der Waals surface area contributed by atoms with Crippen LogP contribution in [0.3, 0.4) is 0 Å². The second kappa shape index (κ2) is 9.50. The Morgan fingerprint density at radius 2 is 1.66 bits per heavy atom. The molecular formula is C35H25N3. The molecule has 0 saturated carbocycles. The summed E-state index contributed by atoms with van der Waals surface area (Å²) in [6, 6.07) is 30.3. The van der Waals surface area contributed by atoms with Gasteiger partial charge in [0, 0.05) is 41.8 Å². The van der Waals surface area contributed by atoms with Crippen LogP contribution < -0.4 is 4.90 Å². The lowest BCUT2D eigenvalue weighted by Gasteiger charge is -2.24. The molecule has 0 radical (unpaired) electrons. The predicted molar refractivity (Wildman–Crippen MR) is 157 cm³/mol. The van der Waals surface area contributed by atoms with E-state index in [9.17, 15) is 0 Å². The zero-order valence-corrected chi connectivity index (χ0v) is 20.9. The molecule has 1 aromatic heterocycles. The Morgan fingerprint density at radius 1 is 0.816 bits per heavy atom. The van der Waals surface area contributed by atoms with Crippen molar-refractivity contribution >= 4 is 28.7 Å². The molecule has 3 aromatic carbocycles. The van der Waals surface area contributed by atoms with Crippen LogP contribution in [0.25, 0.3) is 22.3 Å². The number of anilines is 2. The molecule has 0 N–H and O–H groups in total. The maximum absolute atomic E-state index is 4.37. The highest BCUT2D eigenvalue weighted by molar-refractivity contribution is 5.88. The molecular weight excluding hydrogens is 462 g/mol. The molecule has 1 unspecified atom stereocenters. The van der Waals surface area contributed by atoms with E-state index in [1.807, 2.05) is 30.8 Å². The molecule has 3 heterocycles. The van der Waals surface area contributed by atoms with Crippen molar-refractivity contribution in [2.75, 3.05) is 4.90 Å². The maximum atomic E-state index is 4.37. The third-order valence-electron chi connectivity index (χ3n) is 7.37. The van der Waals surface area contributed by atoms with Crippen molar-refractivity contribution in [1.82, 2.24) is 4.98 Å². The van der Waals surface area contributed by atoms with Crippen LogP contribution in [0.5, 0.6) is 0 Å². The van der Waals surface area contributed by atoms with Crippen molar-refractivity contribution in [3.63, 3.8) is 0 Å². The van der Waals surface area contributed by atoms with Crippen molar-refractivity contribution in [3.05, 3.63) is 138 Å². The van der Waals surface area contributed by atoms with Crippen molar-refractivity contribution in [1.29, 1.82) is 0 Å². The van der Waals surface area contributed by atoms with Gasteiger partial charge in [-0.15, -0.1) is 0 Å². The van der Waals surface area contributed by atoms with Gasteiger partial charge in [0.1, 0.15) is 0 Å². The van der Waals surface area contributed by atoms with Gasteiger partial charge in [-0.25, -0.2) is 0 Å². The maximum Gasteiger partial charge on any atom is 0.0881 e. The highest BCUT2D eigenvalue weighted by Gasteiger charge is 2.35. The summed E-state index contributed by atoms with van der Waals surface area (Å²) in [5.74, 6) is 6.87. The summed E-state index contributed by atoms with van der Waals surface area (Å²) in [7, 11) is 0. The minimum absolute atomic E-state index is 0.00434. The summed E-state index contributed by atoms with van der Waals surface area (Å²) in [6.07, 6.45) is 14.0. The third kappa shape index (κ3) is 3.97. The highest BCUT2D eigenvalue weighted by atomic mass is 15.2. The van der Waals surface area contributed by atoms with E-state index in [1.54, 1.807) is 6.20 Å². The number of hydrogen-bond acceptors (Lipinski definition) is 3. The zero-order chi connectivity index (χ0) is 25.3. The van der Waals surface area contributed by atoms with E-state index in [0.29, 0.717) is 0 Å². The van der Waals surface area contributed by atoms with E-state index in [2.05, 4.69) is 112 Å². The average molecular weight is 488 g/mol. The number of rotatable bonds is 4. The molecule has 4 aromatic rings. The van der Waals surface area contributed by atoms with Crippen LogP contribution >= 0.6 is 0 Å². The van der Waals surface area contributed by atoms with Gasteiger partial charge >= 0.3 is 0 Å². The van der Waals surface area contributed by atoms with Gasteiger partial charge in [-0.2, -0.15) is 0 Å². The molecule has 1 aliphatic carbocycles. The van der Waals surface area contributed by atoms with E-state index in [0.717, 1.165) is 29.7 Å². The quantitative estimate of drug-likeness (QED) is 0.272. The molecule has 3 aliphatic rings. The molecule has 0 bridgehead atoms. The van der Waals surface area contributed by atoms with Crippen LogP contribution in [0, 0.1) is 11.8 Å². The van der Waals surface area contributed by atoms with Crippen LogP contribution in [0.15, 0.2) is 126 Å². The largest absolute Gasteiger partial charge is 0.312 e. The SMILES string of the molecule is C1#CC2C(=CC(c3cccnc3)=C1)N(c1ccc(C3=CN=CCC3)cc1)c1cc(-c3ccccc3)ccc12. The number of aliphatic imine (C=N–C) groups is 1. The van der Waals surface area contributed by atoms with E-state index in [-0.39, 0.29) is 5.92 Å². The summed E-state index contributed by atoms with van der Waals surface area (Å²) in [6.45, 7) is 0. The van der Waals surface area contributed by atoms with Gasteiger partial charge in [-0.1, -0.05) is 72.5 Å². The molecule has 180 valence electrons. The normalized spacial score (nSPS) is 17.3. The van der Waals surface area contributed by atoms with Crippen molar-refractivity contribution in [2.45, 2.75) is 18.8 Å². The molecule has 1 atom stereocenters. The van der Waals surface area contributed by atoms with Gasteiger partial charge in [0.05, 0.1) is 11.6 Å². The molecule has 0 amide bonds. The lowest BCUT2D eigenvalue weighted by molar-refractivity contribution is 1.05. The summed E-state index contributed by atoms with van der Waals surface area (Å²) in [5.41, 5.74) is 11.8. The Kier molecular flexibility index (Phi) is 5.57. The molecule has 3 heteroatoms. The Bertz CT molecular complexity index is 1700. The number of nitrogens with zero attached hydrogens (tertiary/aromatic N) is 3. The van der Waals surface area contributed by atoms with E-state index in [4.69, 9.17) is 0 Å². The van der Waals surface area contributed by atoms with Crippen molar-refractivity contribution in [3.8, 4) is 23.0 Å². The predicted octanol–water partition coefficient (Wildman–Crippen LogP) is 8.17. The van der Waals surface area contributed by atoms with Crippen LogP contribution in [-0.2, 0) is 0 Å². The molecule has 0 spiro atoms. The van der Waals surface area contributed by atoms with Gasteiger partial charge in [0.25, 0.3) is 0 Å². The zero-order valence-electron chi connectivity index (χ0n) is 20.9. The fourth-order valence-corrected chi connectivity index (χ4v) is 5.46. The van der Waals surface area contributed by atoms with E-state index < -0.39 is 0 Å². The number of benzene rings is 3. The average Bonchev–Trinajstić information content (AvgIpc) is 3.13. The Morgan fingerprint density at radius 3 is 2.45 bits per heavy atom. The first-order valence-electron chi connectivity index (χ1n) is 13.0. The van der Waals surface area contributed by atoms with Gasteiger partial charge < -0.3 is 4.90 Å². The second-order valence-corrected chi connectivity index (χ2v) is 9.68. The number of pyridine rings is 1. The summed E-state index contributed by atoms with van der Waals surface area (Å²) >= 11 is 0. The number of allylic oxidation sites excluding steroid dienone is 5.